The van der Waals surface area contributed by atoms with Gasteiger partial charge < -0.3 is 5.73 Å². The van der Waals surface area contributed by atoms with Gasteiger partial charge >= 0.3 is 0 Å². The molecule has 0 spiro atoms. The van der Waals surface area contributed by atoms with Gasteiger partial charge in [-0.15, -0.1) is 0 Å². The lowest BCUT2D eigenvalue weighted by Gasteiger charge is -2.24. The summed E-state index contributed by atoms with van der Waals surface area (Å²) in [5, 5.41) is 0. The van der Waals surface area contributed by atoms with Gasteiger partial charge in [0.15, 0.2) is 0 Å². The third kappa shape index (κ3) is 3.76. The summed E-state index contributed by atoms with van der Waals surface area (Å²) in [5.41, 5.74) is 17.2. The molecule has 1 atom stereocenters. The highest BCUT2D eigenvalue weighted by Crippen LogP contribution is 2.44. The maximum absolute atomic E-state index is 5.97. The van der Waals surface area contributed by atoms with Crippen molar-refractivity contribution in [2.75, 3.05) is 5.73 Å². The standard InChI is InChI=1S/C29H29N/c1-4-20(2)28-27(25-13-9-8-10-21(25)3)19-18-26(22-14-16-24(30)17-15-22)29(28)23-11-6-5-7-12-23/h5-20H,4,30H2,1-3H3. The topological polar surface area (TPSA) is 26.0 Å². The third-order valence-corrected chi connectivity index (χ3v) is 6.07. The van der Waals surface area contributed by atoms with Gasteiger partial charge in [0.1, 0.15) is 0 Å². The maximum Gasteiger partial charge on any atom is 0.0314 e. The molecule has 0 amide bonds. The zero-order valence-corrected chi connectivity index (χ0v) is 18.0. The van der Waals surface area contributed by atoms with Crippen molar-refractivity contribution in [2.24, 2.45) is 0 Å². The molecule has 0 aliphatic rings. The van der Waals surface area contributed by atoms with Crippen LogP contribution in [-0.4, -0.2) is 0 Å². The first kappa shape index (κ1) is 20.0. The van der Waals surface area contributed by atoms with Crippen LogP contribution < -0.4 is 5.73 Å². The molecule has 1 nitrogen and oxygen atoms in total. The number of hydrogen-bond donors (Lipinski definition) is 1. The summed E-state index contributed by atoms with van der Waals surface area (Å²) in [6, 6.07) is 32.3. The number of rotatable bonds is 5. The highest BCUT2D eigenvalue weighted by molar-refractivity contribution is 5.91. The Labute approximate surface area is 180 Å². The minimum atomic E-state index is 0.434. The summed E-state index contributed by atoms with van der Waals surface area (Å²) < 4.78 is 0. The number of aryl methyl sites for hydroxylation is 1. The van der Waals surface area contributed by atoms with Crippen LogP contribution in [0, 0.1) is 6.92 Å². The molecule has 4 rings (SSSR count). The SMILES string of the molecule is CCC(C)c1c(-c2ccccc2C)ccc(-c2ccc(N)cc2)c1-c1ccccc1. The number of hydrogen-bond acceptors (Lipinski definition) is 1. The van der Waals surface area contributed by atoms with Crippen LogP contribution in [0.3, 0.4) is 0 Å². The molecule has 0 aliphatic heterocycles. The molecule has 2 N–H and O–H groups in total. The van der Waals surface area contributed by atoms with Gasteiger partial charge in [-0.3, -0.25) is 0 Å². The normalized spacial score (nSPS) is 12.0. The second-order valence-electron chi connectivity index (χ2n) is 8.06. The third-order valence-electron chi connectivity index (χ3n) is 6.07. The van der Waals surface area contributed by atoms with Crippen LogP contribution in [0.25, 0.3) is 33.4 Å². The summed E-state index contributed by atoms with van der Waals surface area (Å²) in [6.45, 7) is 6.82. The highest BCUT2D eigenvalue weighted by Gasteiger charge is 2.21. The van der Waals surface area contributed by atoms with Gasteiger partial charge in [-0.05, 0) is 75.9 Å². The van der Waals surface area contributed by atoms with Crippen LogP contribution in [0.15, 0.2) is 91.0 Å². The molecule has 0 saturated carbocycles. The largest absolute Gasteiger partial charge is 0.399 e. The fourth-order valence-corrected chi connectivity index (χ4v) is 4.26. The fraction of sp³-hybridized carbons (Fsp3) is 0.172. The van der Waals surface area contributed by atoms with E-state index in [1.807, 2.05) is 12.1 Å². The number of nitrogen functional groups attached to an aromatic ring is 1. The van der Waals surface area contributed by atoms with Crippen LogP contribution in [0.5, 0.6) is 0 Å². The molecule has 4 aromatic rings. The van der Waals surface area contributed by atoms with E-state index >= 15 is 0 Å². The van der Waals surface area contributed by atoms with Crippen LogP contribution in [-0.2, 0) is 0 Å². The Hall–Kier alpha value is -3.32. The van der Waals surface area contributed by atoms with E-state index in [4.69, 9.17) is 5.73 Å². The minimum absolute atomic E-state index is 0.434. The van der Waals surface area contributed by atoms with Gasteiger partial charge in [-0.1, -0.05) is 92.7 Å². The van der Waals surface area contributed by atoms with Crippen LogP contribution >= 0.6 is 0 Å². The quantitative estimate of drug-likeness (QED) is 0.342. The van der Waals surface area contributed by atoms with E-state index in [1.54, 1.807) is 0 Å². The van der Waals surface area contributed by atoms with Crippen molar-refractivity contribution in [1.82, 2.24) is 0 Å². The van der Waals surface area contributed by atoms with Crippen LogP contribution in [0.4, 0.5) is 5.69 Å². The van der Waals surface area contributed by atoms with E-state index in [2.05, 4.69) is 99.6 Å². The molecule has 0 heterocycles. The lowest BCUT2D eigenvalue weighted by atomic mass is 9.79. The Morgan fingerprint density at radius 1 is 0.667 bits per heavy atom. The Morgan fingerprint density at radius 2 is 1.30 bits per heavy atom. The van der Waals surface area contributed by atoms with Crippen molar-refractivity contribution in [3.05, 3.63) is 102 Å². The molecule has 1 unspecified atom stereocenters. The number of anilines is 1. The predicted molar refractivity (Wildman–Crippen MR) is 131 cm³/mol. The summed E-state index contributed by atoms with van der Waals surface area (Å²) in [5.74, 6) is 0.434. The van der Waals surface area contributed by atoms with E-state index in [0.717, 1.165) is 12.1 Å². The Bertz CT molecular complexity index is 1140. The first-order valence-corrected chi connectivity index (χ1v) is 10.7. The molecule has 30 heavy (non-hydrogen) atoms. The predicted octanol–water partition coefficient (Wildman–Crippen LogP) is 8.09. The Morgan fingerprint density at radius 3 is 1.97 bits per heavy atom. The average molecular weight is 392 g/mol. The van der Waals surface area contributed by atoms with Crippen molar-refractivity contribution in [3.8, 4) is 33.4 Å². The molecule has 0 radical (unpaired) electrons. The second kappa shape index (κ2) is 8.59. The number of nitrogens with two attached hydrogens (primary N) is 1. The molecule has 0 fully saturated rings. The number of benzene rings is 4. The Kier molecular flexibility index (Phi) is 5.72. The van der Waals surface area contributed by atoms with E-state index < -0.39 is 0 Å². The van der Waals surface area contributed by atoms with Crippen molar-refractivity contribution in [1.29, 1.82) is 0 Å². The van der Waals surface area contributed by atoms with Crippen molar-refractivity contribution in [2.45, 2.75) is 33.1 Å². The van der Waals surface area contributed by atoms with Crippen molar-refractivity contribution >= 4 is 5.69 Å². The van der Waals surface area contributed by atoms with Gasteiger partial charge in [0, 0.05) is 5.69 Å². The molecule has 0 aromatic heterocycles. The van der Waals surface area contributed by atoms with Crippen molar-refractivity contribution in [3.63, 3.8) is 0 Å². The van der Waals surface area contributed by atoms with Gasteiger partial charge in [-0.2, -0.15) is 0 Å². The van der Waals surface area contributed by atoms with E-state index in [-0.39, 0.29) is 0 Å². The second-order valence-corrected chi connectivity index (χ2v) is 8.06. The molecular weight excluding hydrogens is 362 g/mol. The van der Waals surface area contributed by atoms with Crippen LogP contribution in [0.2, 0.25) is 0 Å². The maximum atomic E-state index is 5.97. The summed E-state index contributed by atoms with van der Waals surface area (Å²) in [7, 11) is 0. The lowest BCUT2D eigenvalue weighted by molar-refractivity contribution is 0.737. The molecule has 150 valence electrons. The summed E-state index contributed by atoms with van der Waals surface area (Å²) in [4.78, 5) is 0. The van der Waals surface area contributed by atoms with Gasteiger partial charge in [0.25, 0.3) is 0 Å². The minimum Gasteiger partial charge on any atom is -0.399 e. The lowest BCUT2D eigenvalue weighted by Crippen LogP contribution is -2.02. The zero-order valence-electron chi connectivity index (χ0n) is 18.0. The Balaban J connectivity index is 2.09. The van der Waals surface area contributed by atoms with Gasteiger partial charge in [-0.25, -0.2) is 0 Å². The molecule has 0 aliphatic carbocycles. The van der Waals surface area contributed by atoms with Gasteiger partial charge in [0.05, 0.1) is 0 Å². The average Bonchev–Trinajstić information content (AvgIpc) is 2.79. The first-order valence-electron chi connectivity index (χ1n) is 10.7. The molecular formula is C29H29N. The molecule has 4 aromatic carbocycles. The smallest absolute Gasteiger partial charge is 0.0314 e. The monoisotopic (exact) mass is 391 g/mol. The molecule has 0 saturated heterocycles. The van der Waals surface area contributed by atoms with Gasteiger partial charge in [0.2, 0.25) is 0 Å². The summed E-state index contributed by atoms with van der Waals surface area (Å²) >= 11 is 0. The molecule has 0 bridgehead atoms. The van der Waals surface area contributed by atoms with Crippen molar-refractivity contribution < 1.29 is 0 Å². The molecule has 1 heteroatoms. The highest BCUT2D eigenvalue weighted by atomic mass is 14.5. The van der Waals surface area contributed by atoms with E-state index in [1.165, 1.54) is 44.5 Å². The van der Waals surface area contributed by atoms with E-state index in [0.29, 0.717) is 5.92 Å². The van der Waals surface area contributed by atoms with E-state index in [9.17, 15) is 0 Å². The zero-order chi connectivity index (χ0) is 21.1. The first-order chi connectivity index (χ1) is 14.6. The fourth-order valence-electron chi connectivity index (χ4n) is 4.26. The summed E-state index contributed by atoms with van der Waals surface area (Å²) in [6.07, 6.45) is 1.09. The van der Waals surface area contributed by atoms with Crippen LogP contribution in [0.1, 0.15) is 37.3 Å².